The molecule has 0 saturated carbocycles. The number of anilines is 1. The zero-order valence-electron chi connectivity index (χ0n) is 13.5. The van der Waals surface area contributed by atoms with Crippen LogP contribution < -0.4 is 10.0 Å². The number of carbonyl (C=O) groups is 2. The molecule has 7 nitrogen and oxygen atoms in total. The second-order valence-electron chi connectivity index (χ2n) is 5.02. The van der Waals surface area contributed by atoms with Crippen LogP contribution in [0.15, 0.2) is 46.0 Å². The fourth-order valence-corrected chi connectivity index (χ4v) is 3.87. The second-order valence-corrected chi connectivity index (χ2v) is 7.96. The lowest BCUT2D eigenvalue weighted by atomic mass is 10.1. The molecular formula is C16H18N2O5S2. The maximum atomic E-state index is 11.8. The Bertz CT molecular complexity index is 815. The number of amides is 1. The van der Waals surface area contributed by atoms with E-state index in [1.165, 1.54) is 6.07 Å². The van der Waals surface area contributed by atoms with Crippen LogP contribution in [0.2, 0.25) is 0 Å². The van der Waals surface area contributed by atoms with Gasteiger partial charge in [-0.1, -0.05) is 25.1 Å². The Morgan fingerprint density at radius 2 is 1.88 bits per heavy atom. The molecule has 9 heteroatoms. The number of rotatable bonds is 8. The van der Waals surface area contributed by atoms with Gasteiger partial charge in [-0.3, -0.25) is 9.59 Å². The standard InChI is InChI=1S/C16H18N2O5S2/c1-2-12-5-7-13(8-6-12)18-14(19)11-23-15(20)10-17-25(21,22)16-4-3-9-24-16/h3-9,17H,2,10-11H2,1H3,(H,18,19). The lowest BCUT2D eigenvalue weighted by molar-refractivity contribution is -0.146. The smallest absolute Gasteiger partial charge is 0.321 e. The third-order valence-corrected chi connectivity index (χ3v) is 5.98. The Morgan fingerprint density at radius 1 is 1.16 bits per heavy atom. The highest BCUT2D eigenvalue weighted by molar-refractivity contribution is 7.91. The quantitative estimate of drug-likeness (QED) is 0.678. The Kier molecular flexibility index (Phi) is 6.68. The predicted octanol–water partition coefficient (Wildman–Crippen LogP) is 1.77. The number of sulfonamides is 1. The van der Waals surface area contributed by atoms with Crippen molar-refractivity contribution in [2.24, 2.45) is 0 Å². The van der Waals surface area contributed by atoms with E-state index in [1.807, 2.05) is 19.1 Å². The number of aryl methyl sites for hydroxylation is 1. The Morgan fingerprint density at radius 3 is 2.48 bits per heavy atom. The van der Waals surface area contributed by atoms with Gasteiger partial charge in [-0.05, 0) is 35.6 Å². The van der Waals surface area contributed by atoms with Gasteiger partial charge < -0.3 is 10.1 Å². The summed E-state index contributed by atoms with van der Waals surface area (Å²) < 4.78 is 30.7. The number of ether oxygens (including phenoxy) is 1. The van der Waals surface area contributed by atoms with E-state index in [-0.39, 0.29) is 4.21 Å². The van der Waals surface area contributed by atoms with Gasteiger partial charge in [-0.25, -0.2) is 8.42 Å². The molecule has 0 saturated heterocycles. The van der Waals surface area contributed by atoms with Crippen LogP contribution in [0, 0.1) is 0 Å². The molecule has 0 fully saturated rings. The minimum atomic E-state index is -3.74. The van der Waals surface area contributed by atoms with Crippen LogP contribution in [0.4, 0.5) is 5.69 Å². The largest absolute Gasteiger partial charge is 0.455 e. The van der Waals surface area contributed by atoms with Gasteiger partial charge in [0.2, 0.25) is 0 Å². The van der Waals surface area contributed by atoms with Crippen LogP contribution in [0.1, 0.15) is 12.5 Å². The lowest BCUT2D eigenvalue weighted by Gasteiger charge is -2.08. The van der Waals surface area contributed by atoms with E-state index in [9.17, 15) is 18.0 Å². The summed E-state index contributed by atoms with van der Waals surface area (Å²) in [4.78, 5) is 23.3. The van der Waals surface area contributed by atoms with E-state index in [0.29, 0.717) is 5.69 Å². The van der Waals surface area contributed by atoms with E-state index < -0.39 is 35.1 Å². The molecule has 0 aliphatic rings. The highest BCUT2D eigenvalue weighted by Gasteiger charge is 2.17. The van der Waals surface area contributed by atoms with Gasteiger partial charge in [0, 0.05) is 5.69 Å². The Labute approximate surface area is 150 Å². The third kappa shape index (κ3) is 5.96. The maximum absolute atomic E-state index is 11.8. The van der Waals surface area contributed by atoms with Crippen molar-refractivity contribution in [2.75, 3.05) is 18.5 Å². The molecule has 0 atom stereocenters. The minimum Gasteiger partial charge on any atom is -0.455 e. The first-order valence-electron chi connectivity index (χ1n) is 7.48. The zero-order chi connectivity index (χ0) is 18.3. The van der Waals surface area contributed by atoms with Gasteiger partial charge in [0.05, 0.1) is 0 Å². The first-order valence-corrected chi connectivity index (χ1v) is 9.84. The lowest BCUT2D eigenvalue weighted by Crippen LogP contribution is -2.32. The molecular weight excluding hydrogens is 364 g/mol. The molecule has 0 aliphatic heterocycles. The van der Waals surface area contributed by atoms with Gasteiger partial charge in [0.25, 0.3) is 15.9 Å². The number of benzene rings is 1. The monoisotopic (exact) mass is 382 g/mol. The summed E-state index contributed by atoms with van der Waals surface area (Å²) in [6, 6.07) is 10.3. The summed E-state index contributed by atoms with van der Waals surface area (Å²) >= 11 is 1.04. The fourth-order valence-electron chi connectivity index (χ4n) is 1.86. The minimum absolute atomic E-state index is 0.105. The summed E-state index contributed by atoms with van der Waals surface area (Å²) in [5.41, 5.74) is 1.74. The van der Waals surface area contributed by atoms with Gasteiger partial charge in [0.15, 0.2) is 6.61 Å². The Balaban J connectivity index is 1.74. The number of hydrogen-bond acceptors (Lipinski definition) is 6. The summed E-state index contributed by atoms with van der Waals surface area (Å²) in [5, 5.41) is 4.21. The first kappa shape index (κ1) is 19.1. The average molecular weight is 382 g/mol. The van der Waals surface area contributed by atoms with E-state index in [4.69, 9.17) is 4.74 Å². The number of carbonyl (C=O) groups excluding carboxylic acids is 2. The van der Waals surface area contributed by atoms with Crippen molar-refractivity contribution in [1.82, 2.24) is 4.72 Å². The topological polar surface area (TPSA) is 102 Å². The molecule has 25 heavy (non-hydrogen) atoms. The summed E-state index contributed by atoms with van der Waals surface area (Å²) in [6.07, 6.45) is 0.896. The van der Waals surface area contributed by atoms with E-state index in [1.54, 1.807) is 23.6 Å². The fraction of sp³-hybridized carbons (Fsp3) is 0.250. The summed E-state index contributed by atoms with van der Waals surface area (Å²) in [5.74, 6) is -1.34. The highest BCUT2D eigenvalue weighted by Crippen LogP contribution is 2.15. The maximum Gasteiger partial charge on any atom is 0.321 e. The van der Waals surface area contributed by atoms with Crippen molar-refractivity contribution < 1.29 is 22.7 Å². The second kappa shape index (κ2) is 8.75. The Hall–Kier alpha value is -2.23. The average Bonchev–Trinajstić information content (AvgIpc) is 3.14. The van der Waals surface area contributed by atoms with Crippen molar-refractivity contribution in [3.05, 3.63) is 47.3 Å². The van der Waals surface area contributed by atoms with Crippen LogP contribution >= 0.6 is 11.3 Å². The normalized spacial score (nSPS) is 11.1. The molecule has 134 valence electrons. The summed E-state index contributed by atoms with van der Waals surface area (Å²) in [6.45, 7) is 0.994. The van der Waals surface area contributed by atoms with Crippen molar-refractivity contribution in [3.8, 4) is 0 Å². The molecule has 1 amide bonds. The highest BCUT2D eigenvalue weighted by atomic mass is 32.2. The molecule has 2 N–H and O–H groups in total. The third-order valence-electron chi connectivity index (χ3n) is 3.18. The number of nitrogens with one attached hydrogen (secondary N) is 2. The molecule has 0 aliphatic carbocycles. The molecule has 0 bridgehead atoms. The van der Waals surface area contributed by atoms with E-state index in [2.05, 4.69) is 10.0 Å². The van der Waals surface area contributed by atoms with Gasteiger partial charge in [0.1, 0.15) is 10.8 Å². The molecule has 0 spiro atoms. The molecule has 1 heterocycles. The molecule has 0 radical (unpaired) electrons. The van der Waals surface area contributed by atoms with Gasteiger partial charge >= 0.3 is 5.97 Å². The number of hydrogen-bond donors (Lipinski definition) is 2. The number of esters is 1. The van der Waals surface area contributed by atoms with Crippen LogP contribution in [0.3, 0.4) is 0 Å². The zero-order valence-corrected chi connectivity index (χ0v) is 15.2. The van der Waals surface area contributed by atoms with Crippen LogP contribution in [0.25, 0.3) is 0 Å². The van der Waals surface area contributed by atoms with Crippen LogP contribution in [-0.4, -0.2) is 33.4 Å². The van der Waals surface area contributed by atoms with Crippen molar-refractivity contribution >= 4 is 38.9 Å². The van der Waals surface area contributed by atoms with Crippen LogP contribution in [0.5, 0.6) is 0 Å². The van der Waals surface area contributed by atoms with E-state index in [0.717, 1.165) is 23.3 Å². The van der Waals surface area contributed by atoms with Crippen molar-refractivity contribution in [3.63, 3.8) is 0 Å². The van der Waals surface area contributed by atoms with Crippen molar-refractivity contribution in [1.29, 1.82) is 0 Å². The number of thiophene rings is 1. The van der Waals surface area contributed by atoms with Crippen LogP contribution in [-0.2, 0) is 30.8 Å². The molecule has 2 rings (SSSR count). The van der Waals surface area contributed by atoms with Gasteiger partial charge in [-0.2, -0.15) is 4.72 Å². The van der Waals surface area contributed by atoms with Gasteiger partial charge in [-0.15, -0.1) is 11.3 Å². The first-order chi connectivity index (χ1) is 11.9. The SMILES string of the molecule is CCc1ccc(NC(=O)COC(=O)CNS(=O)(=O)c2cccs2)cc1. The summed E-state index contributed by atoms with van der Waals surface area (Å²) in [7, 11) is -3.74. The molecule has 1 aromatic heterocycles. The predicted molar refractivity (Wildman–Crippen MR) is 94.9 cm³/mol. The van der Waals surface area contributed by atoms with E-state index >= 15 is 0 Å². The molecule has 2 aromatic rings. The molecule has 1 aromatic carbocycles. The molecule has 0 unspecified atom stereocenters. The van der Waals surface area contributed by atoms with Crippen molar-refractivity contribution in [2.45, 2.75) is 17.6 Å².